The fourth-order valence-corrected chi connectivity index (χ4v) is 6.23. The normalized spacial score (nSPS) is 22.3. The molecule has 6 N–H and O–H groups in total. The van der Waals surface area contributed by atoms with Crippen LogP contribution in [-0.4, -0.2) is 89.2 Å². The number of anilines is 3. The van der Waals surface area contributed by atoms with Crippen molar-refractivity contribution in [1.29, 1.82) is 0 Å². The first kappa shape index (κ1) is 27.6. The van der Waals surface area contributed by atoms with Crippen LogP contribution in [0.5, 0.6) is 0 Å². The van der Waals surface area contributed by atoms with E-state index < -0.39 is 18.0 Å². The standard InChI is InChI=1S/C29H38N8O3/c1-17-15-37(16-22(31)27(17)36(3)29(39)40)25-6-9-32-14-24(25)34-28(38)26-21(30)12-20-5-4-19(13-23(20)33-26)18-7-10-35(2)11-8-18/h4-6,9,12-14,17-18,22,27H,7-8,10-11,15-16,30-31H2,1-3H3,(H,34,38)(H,39,40)/t17-,22+,27+/m1/s1. The van der Waals surface area contributed by atoms with Crippen molar-refractivity contribution in [2.24, 2.45) is 11.7 Å². The number of carbonyl (C=O) groups excluding carboxylic acids is 1. The number of carboxylic acid groups (broad SMARTS) is 1. The van der Waals surface area contributed by atoms with Gasteiger partial charge in [-0.1, -0.05) is 19.1 Å². The first-order chi connectivity index (χ1) is 19.1. The molecular weight excluding hydrogens is 508 g/mol. The van der Waals surface area contributed by atoms with Crippen LogP contribution in [0, 0.1) is 5.92 Å². The summed E-state index contributed by atoms with van der Waals surface area (Å²) in [5.74, 6) is 0.0256. The van der Waals surface area contributed by atoms with Gasteiger partial charge in [0.15, 0.2) is 5.69 Å². The number of likely N-dealkylation sites (N-methyl/N-ethyl adjacent to an activating group) is 1. The molecule has 3 atom stereocenters. The molecule has 1 aromatic carbocycles. The van der Waals surface area contributed by atoms with Gasteiger partial charge < -0.3 is 36.6 Å². The minimum atomic E-state index is -1.00. The number of aromatic nitrogens is 2. The van der Waals surface area contributed by atoms with Crippen LogP contribution >= 0.6 is 0 Å². The molecule has 11 nitrogen and oxygen atoms in total. The van der Waals surface area contributed by atoms with Crippen LogP contribution in [0.25, 0.3) is 10.9 Å². The summed E-state index contributed by atoms with van der Waals surface area (Å²) in [5.41, 5.74) is 16.5. The number of fused-ring (bicyclic) bond motifs is 1. The molecule has 0 aliphatic carbocycles. The van der Waals surface area contributed by atoms with Gasteiger partial charge in [-0.05, 0) is 68.6 Å². The first-order valence-electron chi connectivity index (χ1n) is 13.7. The van der Waals surface area contributed by atoms with Gasteiger partial charge in [-0.25, -0.2) is 9.78 Å². The summed E-state index contributed by atoms with van der Waals surface area (Å²) in [7, 11) is 3.70. The highest BCUT2D eigenvalue weighted by atomic mass is 16.4. The third-order valence-electron chi connectivity index (χ3n) is 8.37. The van der Waals surface area contributed by atoms with Crippen LogP contribution in [0.15, 0.2) is 42.7 Å². The SMILES string of the molecule is C[C@@H]1CN(c2ccncc2NC(=O)c2nc3cc(C4CCN(C)CC4)ccc3cc2N)C[C@H](N)[C@H]1N(C)C(=O)O. The topological polar surface area (TPSA) is 154 Å². The van der Waals surface area contributed by atoms with E-state index in [0.717, 1.165) is 42.5 Å². The number of nitrogen functional groups attached to an aromatic ring is 1. The number of nitrogens with zero attached hydrogens (tertiary/aromatic N) is 5. The van der Waals surface area contributed by atoms with E-state index in [1.54, 1.807) is 25.5 Å². The lowest BCUT2D eigenvalue weighted by Gasteiger charge is -2.45. The maximum Gasteiger partial charge on any atom is 0.407 e. The van der Waals surface area contributed by atoms with Crippen molar-refractivity contribution in [3.8, 4) is 0 Å². The van der Waals surface area contributed by atoms with Gasteiger partial charge in [-0.15, -0.1) is 0 Å². The summed E-state index contributed by atoms with van der Waals surface area (Å²) in [6, 6.07) is 9.16. The zero-order valence-corrected chi connectivity index (χ0v) is 23.2. The van der Waals surface area contributed by atoms with Crippen molar-refractivity contribution in [3.05, 3.63) is 54.0 Å². The molecule has 2 aliphatic heterocycles. The molecule has 2 saturated heterocycles. The molecule has 2 amide bonds. The van der Waals surface area contributed by atoms with Crippen molar-refractivity contribution in [3.63, 3.8) is 0 Å². The van der Waals surface area contributed by atoms with Crippen LogP contribution < -0.4 is 21.7 Å². The largest absolute Gasteiger partial charge is 0.465 e. The van der Waals surface area contributed by atoms with Gasteiger partial charge in [0.2, 0.25) is 0 Å². The number of rotatable bonds is 5. The van der Waals surface area contributed by atoms with Crippen LogP contribution in [-0.2, 0) is 0 Å². The van der Waals surface area contributed by atoms with Crippen LogP contribution in [0.1, 0.15) is 41.7 Å². The lowest BCUT2D eigenvalue weighted by molar-refractivity contribution is 0.102. The van der Waals surface area contributed by atoms with Gasteiger partial charge in [0.25, 0.3) is 5.91 Å². The number of nitrogens with two attached hydrogens (primary N) is 2. The molecular formula is C29H38N8O3. The maximum absolute atomic E-state index is 13.5. The summed E-state index contributed by atoms with van der Waals surface area (Å²) in [6.45, 7) is 5.11. The second-order valence-corrected chi connectivity index (χ2v) is 11.2. The van der Waals surface area contributed by atoms with E-state index in [2.05, 4.69) is 39.3 Å². The first-order valence-corrected chi connectivity index (χ1v) is 13.7. The zero-order chi connectivity index (χ0) is 28.6. The van der Waals surface area contributed by atoms with E-state index in [4.69, 9.17) is 16.5 Å². The summed E-state index contributed by atoms with van der Waals surface area (Å²) in [5, 5.41) is 13.3. The summed E-state index contributed by atoms with van der Waals surface area (Å²) in [4.78, 5) is 39.6. The van der Waals surface area contributed by atoms with Crippen molar-refractivity contribution >= 4 is 40.0 Å². The number of pyridine rings is 2. The number of carbonyl (C=O) groups is 2. The Labute approximate surface area is 234 Å². The molecule has 2 fully saturated rings. The van der Waals surface area contributed by atoms with Gasteiger partial charge in [0.1, 0.15) is 0 Å². The molecule has 3 aromatic rings. The van der Waals surface area contributed by atoms with E-state index in [1.807, 2.05) is 19.1 Å². The second-order valence-electron chi connectivity index (χ2n) is 11.2. The van der Waals surface area contributed by atoms with E-state index in [9.17, 15) is 14.7 Å². The van der Waals surface area contributed by atoms with Crippen LogP contribution in [0.4, 0.5) is 21.9 Å². The van der Waals surface area contributed by atoms with Gasteiger partial charge in [-0.2, -0.15) is 0 Å². The maximum atomic E-state index is 13.5. The Morgan fingerprint density at radius 1 is 1.15 bits per heavy atom. The Morgan fingerprint density at radius 2 is 1.90 bits per heavy atom. The van der Waals surface area contributed by atoms with Crippen molar-refractivity contribution in [2.45, 2.75) is 37.8 Å². The average Bonchev–Trinajstić information content (AvgIpc) is 2.92. The number of amides is 2. The van der Waals surface area contributed by atoms with Crippen LogP contribution in [0.3, 0.4) is 0 Å². The molecule has 0 radical (unpaired) electrons. The molecule has 2 aromatic heterocycles. The minimum absolute atomic E-state index is 0.0295. The molecule has 40 heavy (non-hydrogen) atoms. The monoisotopic (exact) mass is 546 g/mol. The number of benzene rings is 1. The molecule has 0 bridgehead atoms. The molecule has 11 heteroatoms. The van der Waals surface area contributed by atoms with Gasteiger partial charge >= 0.3 is 6.09 Å². The molecule has 212 valence electrons. The van der Waals surface area contributed by atoms with Crippen LogP contribution in [0.2, 0.25) is 0 Å². The van der Waals surface area contributed by atoms with E-state index in [0.29, 0.717) is 30.4 Å². The van der Waals surface area contributed by atoms with E-state index in [-0.39, 0.29) is 17.7 Å². The van der Waals surface area contributed by atoms with Crippen molar-refractivity contribution in [1.82, 2.24) is 19.8 Å². The molecule has 0 unspecified atom stereocenters. The smallest absolute Gasteiger partial charge is 0.407 e. The fourth-order valence-electron chi connectivity index (χ4n) is 6.23. The lowest BCUT2D eigenvalue weighted by Crippen LogP contribution is -2.62. The van der Waals surface area contributed by atoms with Crippen molar-refractivity contribution in [2.75, 3.05) is 56.2 Å². The predicted molar refractivity (Wildman–Crippen MR) is 157 cm³/mol. The van der Waals surface area contributed by atoms with Gasteiger partial charge in [0.05, 0.1) is 34.8 Å². The third-order valence-corrected chi connectivity index (χ3v) is 8.37. The second kappa shape index (κ2) is 11.3. The number of nitrogens with one attached hydrogen (secondary N) is 1. The Kier molecular flexibility index (Phi) is 7.77. The van der Waals surface area contributed by atoms with E-state index in [1.165, 1.54) is 10.5 Å². The average molecular weight is 547 g/mol. The molecule has 5 rings (SSSR count). The minimum Gasteiger partial charge on any atom is -0.465 e. The number of hydrogen-bond acceptors (Lipinski definition) is 8. The van der Waals surface area contributed by atoms with Gasteiger partial charge in [-0.3, -0.25) is 9.78 Å². The Balaban J connectivity index is 1.37. The highest BCUT2D eigenvalue weighted by Gasteiger charge is 2.37. The highest BCUT2D eigenvalue weighted by Crippen LogP contribution is 2.33. The lowest BCUT2D eigenvalue weighted by atomic mass is 9.89. The highest BCUT2D eigenvalue weighted by molar-refractivity contribution is 6.09. The van der Waals surface area contributed by atoms with E-state index >= 15 is 0 Å². The van der Waals surface area contributed by atoms with Crippen molar-refractivity contribution < 1.29 is 14.7 Å². The number of piperidine rings is 2. The summed E-state index contributed by atoms with van der Waals surface area (Å²) in [6.07, 6.45) is 4.44. The zero-order valence-electron chi connectivity index (χ0n) is 23.2. The third kappa shape index (κ3) is 5.52. The molecule has 0 spiro atoms. The molecule has 4 heterocycles. The Hall–Kier alpha value is -3.96. The summed E-state index contributed by atoms with van der Waals surface area (Å²) < 4.78 is 0. The number of likely N-dealkylation sites (tertiary alicyclic amines) is 1. The van der Waals surface area contributed by atoms with Gasteiger partial charge in [0, 0.05) is 37.8 Å². The fraction of sp³-hybridized carbons (Fsp3) is 0.448. The predicted octanol–water partition coefficient (Wildman–Crippen LogP) is 3.04. The quantitative estimate of drug-likeness (QED) is 0.378. The molecule has 0 saturated carbocycles. The summed E-state index contributed by atoms with van der Waals surface area (Å²) >= 11 is 0. The Morgan fingerprint density at radius 3 is 2.60 bits per heavy atom. The number of hydrogen-bond donors (Lipinski definition) is 4. The molecule has 2 aliphatic rings. The Bertz CT molecular complexity index is 1400.